The van der Waals surface area contributed by atoms with Crippen molar-refractivity contribution in [2.75, 3.05) is 26.8 Å². The quantitative estimate of drug-likeness (QED) is 0.172. The van der Waals surface area contributed by atoms with E-state index in [1.165, 1.54) is 18.9 Å². The van der Waals surface area contributed by atoms with Gasteiger partial charge in [-0.15, -0.1) is 13.2 Å². The molecule has 0 amide bonds. The fourth-order valence-corrected chi connectivity index (χ4v) is 1.95. The molecule has 1 fully saturated rings. The molecule has 0 saturated carbocycles. The molecule has 0 bridgehead atoms. The van der Waals surface area contributed by atoms with E-state index in [9.17, 15) is 5.11 Å². The van der Waals surface area contributed by atoms with Gasteiger partial charge in [-0.2, -0.15) is 13.5 Å². The van der Waals surface area contributed by atoms with Crippen molar-refractivity contribution in [1.29, 1.82) is 0 Å². The highest BCUT2D eigenvalue weighted by molar-refractivity contribution is 7.79. The van der Waals surface area contributed by atoms with Crippen LogP contribution in [0.2, 0.25) is 0 Å². The lowest BCUT2D eigenvalue weighted by Crippen LogP contribution is -2.43. The molecule has 0 aromatic carbocycles. The molecule has 1 heterocycles. The first-order chi connectivity index (χ1) is 12.5. The molecule has 0 aliphatic carbocycles. The highest BCUT2D eigenvalue weighted by Crippen LogP contribution is 2.26. The van der Waals surface area contributed by atoms with E-state index in [0.29, 0.717) is 6.61 Å². The maximum atomic E-state index is 9.42. The number of hydroxylamine groups is 2. The topological polar surface area (TPSA) is 126 Å². The minimum atomic E-state index is -4.67. The summed E-state index contributed by atoms with van der Waals surface area (Å²) in [6.45, 7) is 13.4. The van der Waals surface area contributed by atoms with Crippen LogP contribution in [0.5, 0.6) is 0 Å². The molecule has 1 aliphatic heterocycles. The largest absolute Gasteiger partial charge is 0.394 e. The van der Waals surface area contributed by atoms with Crippen molar-refractivity contribution in [3.63, 3.8) is 0 Å². The molecule has 0 radical (unpaired) electrons. The summed E-state index contributed by atoms with van der Waals surface area (Å²) in [6, 6.07) is 0. The lowest BCUT2D eigenvalue weighted by Gasteiger charge is -2.34. The molecular formula is C17H35NO8S. The summed E-state index contributed by atoms with van der Waals surface area (Å²) in [4.78, 5) is 15.1. The van der Waals surface area contributed by atoms with Crippen LogP contribution in [0.4, 0.5) is 0 Å². The van der Waals surface area contributed by atoms with Crippen LogP contribution < -0.4 is 0 Å². The smallest absolute Gasteiger partial charge is 0.386 e. The first-order valence-corrected chi connectivity index (χ1v) is 10.2. The molecule has 2 unspecified atom stereocenters. The Bertz CT molecular complexity index is 469. The summed E-state index contributed by atoms with van der Waals surface area (Å²) >= 11 is 0. The van der Waals surface area contributed by atoms with Crippen molar-refractivity contribution in [1.82, 2.24) is 5.06 Å². The lowest BCUT2D eigenvalue weighted by molar-refractivity contribution is -0.391. The van der Waals surface area contributed by atoms with Crippen LogP contribution in [-0.4, -0.2) is 66.2 Å². The van der Waals surface area contributed by atoms with Crippen molar-refractivity contribution in [2.24, 2.45) is 0 Å². The molecule has 2 atom stereocenters. The third-order valence-corrected chi connectivity index (χ3v) is 3.44. The zero-order chi connectivity index (χ0) is 21.3. The van der Waals surface area contributed by atoms with Crippen LogP contribution in [-0.2, 0) is 25.0 Å². The average molecular weight is 414 g/mol. The summed E-state index contributed by atoms with van der Waals surface area (Å²) in [5, 5.41) is 11.2. The van der Waals surface area contributed by atoms with E-state index in [2.05, 4.69) is 20.1 Å². The average Bonchev–Trinajstić information content (AvgIpc) is 2.58. The van der Waals surface area contributed by atoms with Gasteiger partial charge in [0.25, 0.3) is 0 Å². The van der Waals surface area contributed by atoms with E-state index in [-0.39, 0.29) is 0 Å². The first-order valence-electron chi connectivity index (χ1n) is 8.76. The third-order valence-electron chi connectivity index (χ3n) is 3.44. The third kappa shape index (κ3) is 19.7. The van der Waals surface area contributed by atoms with Crippen LogP contribution in [0, 0.1) is 0 Å². The normalized spacial score (nSPS) is 20.6. The monoisotopic (exact) mass is 413 g/mol. The van der Waals surface area contributed by atoms with Crippen LogP contribution in [0.25, 0.3) is 0 Å². The molecule has 0 spiro atoms. The van der Waals surface area contributed by atoms with E-state index in [4.69, 9.17) is 32.1 Å². The second kappa shape index (κ2) is 16.1. The van der Waals surface area contributed by atoms with Gasteiger partial charge in [0.05, 0.1) is 13.2 Å². The summed E-state index contributed by atoms with van der Waals surface area (Å²) < 4.78 is 31.6. The van der Waals surface area contributed by atoms with Crippen molar-refractivity contribution < 1.29 is 37.2 Å². The Morgan fingerprint density at radius 2 is 1.93 bits per heavy atom. The summed E-state index contributed by atoms with van der Waals surface area (Å²) in [6.07, 6.45) is 8.02. The predicted octanol–water partition coefficient (Wildman–Crippen LogP) is 2.61. The van der Waals surface area contributed by atoms with Gasteiger partial charge in [0.2, 0.25) is 0 Å². The van der Waals surface area contributed by atoms with Crippen LogP contribution in [0.15, 0.2) is 25.3 Å². The van der Waals surface area contributed by atoms with Gasteiger partial charge in [0.15, 0.2) is 0 Å². The van der Waals surface area contributed by atoms with Crippen molar-refractivity contribution >= 4 is 10.4 Å². The number of rotatable bonds is 9. The summed E-state index contributed by atoms with van der Waals surface area (Å²) in [5.74, 6) is 0. The fourth-order valence-electron chi connectivity index (χ4n) is 1.95. The number of likely N-dealkylation sites (N-methyl/N-ethyl adjacent to an activating group) is 1. The number of aliphatic hydroxyl groups is 1. The van der Waals surface area contributed by atoms with Crippen LogP contribution in [0.1, 0.15) is 46.0 Å². The number of unbranched alkanes of at least 4 members (excludes halogenated alkanes) is 2. The van der Waals surface area contributed by atoms with E-state index < -0.39 is 22.1 Å². The zero-order valence-electron chi connectivity index (χ0n) is 16.5. The number of nitrogens with zero attached hydrogens (tertiary/aromatic N) is 1. The number of hydrogen-bond acceptors (Lipinski definition) is 7. The van der Waals surface area contributed by atoms with E-state index in [0.717, 1.165) is 32.4 Å². The Labute approximate surface area is 163 Å². The Morgan fingerprint density at radius 3 is 2.33 bits per heavy atom. The molecule has 10 heteroatoms. The van der Waals surface area contributed by atoms with E-state index in [1.807, 2.05) is 25.1 Å². The zero-order valence-corrected chi connectivity index (χ0v) is 17.4. The molecule has 162 valence electrons. The number of hydrogen-bond donors (Lipinski definition) is 3. The number of aliphatic hydroxyl groups excluding tert-OH is 1. The maximum Gasteiger partial charge on any atom is 0.394 e. The van der Waals surface area contributed by atoms with Crippen LogP contribution in [0.3, 0.4) is 0 Å². The Kier molecular flexibility index (Phi) is 16.9. The standard InChI is InChI=1S/C9H19NO.C8H14O3.H2O4S/c1-4-6-7-9-11-10(3)8-5-2;1-3-7(9)8(2)5-4-6-10-11-8;1-5(2,3)4/h5H,2,4,6-9H2,1,3H3;3,7,9H,1,4-6H2,2H3;(H2,1,2,3,4). The van der Waals surface area contributed by atoms with Crippen molar-refractivity contribution in [2.45, 2.75) is 57.7 Å². The van der Waals surface area contributed by atoms with Gasteiger partial charge in [-0.3, -0.25) is 13.9 Å². The Morgan fingerprint density at radius 1 is 1.33 bits per heavy atom. The van der Waals surface area contributed by atoms with E-state index >= 15 is 0 Å². The van der Waals surface area contributed by atoms with Gasteiger partial charge < -0.3 is 5.11 Å². The highest BCUT2D eigenvalue weighted by atomic mass is 32.3. The molecule has 1 saturated heterocycles. The minimum absolute atomic E-state index is 0.597. The lowest BCUT2D eigenvalue weighted by atomic mass is 9.93. The van der Waals surface area contributed by atoms with Crippen molar-refractivity contribution in [3.05, 3.63) is 25.3 Å². The molecule has 27 heavy (non-hydrogen) atoms. The predicted molar refractivity (Wildman–Crippen MR) is 103 cm³/mol. The van der Waals surface area contributed by atoms with E-state index in [1.54, 1.807) is 0 Å². The molecule has 0 aromatic rings. The van der Waals surface area contributed by atoms with Gasteiger partial charge in [0.1, 0.15) is 11.7 Å². The summed E-state index contributed by atoms with van der Waals surface area (Å²) in [7, 11) is -2.74. The summed E-state index contributed by atoms with van der Waals surface area (Å²) in [5.41, 5.74) is -0.597. The highest BCUT2D eigenvalue weighted by Gasteiger charge is 2.35. The van der Waals surface area contributed by atoms with Gasteiger partial charge in [-0.05, 0) is 26.2 Å². The maximum absolute atomic E-state index is 9.42. The van der Waals surface area contributed by atoms with Gasteiger partial charge in [-0.1, -0.05) is 31.9 Å². The Hall–Kier alpha value is -0.850. The van der Waals surface area contributed by atoms with Gasteiger partial charge in [0, 0.05) is 13.6 Å². The molecular weight excluding hydrogens is 378 g/mol. The first kappa shape index (κ1) is 28.4. The second-order valence-corrected chi connectivity index (χ2v) is 6.99. The second-order valence-electron chi connectivity index (χ2n) is 6.09. The van der Waals surface area contributed by atoms with Gasteiger partial charge >= 0.3 is 10.4 Å². The minimum Gasteiger partial charge on any atom is -0.386 e. The molecule has 1 rings (SSSR count). The van der Waals surface area contributed by atoms with Gasteiger partial charge in [-0.25, -0.2) is 9.78 Å². The van der Waals surface area contributed by atoms with Crippen molar-refractivity contribution in [3.8, 4) is 0 Å². The Balaban J connectivity index is 0. The van der Waals surface area contributed by atoms with Crippen LogP contribution >= 0.6 is 0 Å². The fraction of sp³-hybridized carbons (Fsp3) is 0.765. The molecule has 3 N–H and O–H groups in total. The molecule has 1 aliphatic rings. The molecule has 0 aromatic heterocycles. The SMILES string of the molecule is C=CC(O)C1(C)CCCOO1.C=CCN(C)OCCCCC.O=S(=O)(O)O. The molecule has 9 nitrogen and oxygen atoms in total.